The fraction of sp³-hybridized carbons (Fsp3) is 0.333. The molecule has 20 heavy (non-hydrogen) atoms. The molecule has 0 N–H and O–H groups in total. The van der Waals surface area contributed by atoms with Gasteiger partial charge in [0.15, 0.2) is 0 Å². The molecule has 0 atom stereocenters. The van der Waals surface area contributed by atoms with Gasteiger partial charge in [-0.2, -0.15) is 0 Å². The minimum Gasteiger partial charge on any atom is -0.462 e. The molecule has 8 heteroatoms. The Morgan fingerprint density at radius 1 is 0.900 bits per heavy atom. The summed E-state index contributed by atoms with van der Waals surface area (Å²) in [6.07, 6.45) is 0. The molecule has 0 radical (unpaired) electrons. The Hall–Kier alpha value is -0.440. The van der Waals surface area contributed by atoms with E-state index < -0.39 is 0 Å². The van der Waals surface area contributed by atoms with Crippen LogP contribution in [0.2, 0.25) is 0 Å². The van der Waals surface area contributed by atoms with Crippen molar-refractivity contribution in [1.29, 1.82) is 0 Å². The molecule has 0 aliphatic rings. The van der Waals surface area contributed by atoms with E-state index in [-0.39, 0.29) is 11.9 Å². The van der Waals surface area contributed by atoms with Crippen LogP contribution in [0.1, 0.15) is 33.2 Å². The van der Waals surface area contributed by atoms with Crippen LogP contribution in [0.5, 0.6) is 0 Å². The topological polar surface area (TPSA) is 52.6 Å². The van der Waals surface area contributed by atoms with E-state index in [4.69, 9.17) is 9.47 Å². The maximum Gasteiger partial charge on any atom is 0.349 e. The van der Waals surface area contributed by atoms with E-state index in [1.807, 2.05) is 0 Å². The first-order chi connectivity index (χ1) is 9.51. The molecule has 0 fully saturated rings. The minimum atomic E-state index is -0.364. The van der Waals surface area contributed by atoms with Gasteiger partial charge in [0.05, 0.1) is 31.6 Å². The number of hydrogen-bond acceptors (Lipinski definition) is 6. The number of esters is 2. The molecule has 0 aromatic carbocycles. The van der Waals surface area contributed by atoms with Crippen LogP contribution in [0.3, 0.4) is 0 Å². The van der Waals surface area contributed by atoms with E-state index >= 15 is 0 Å². The number of halogens is 2. The van der Waals surface area contributed by atoms with Crippen molar-refractivity contribution >= 4 is 75.9 Å². The lowest BCUT2D eigenvalue weighted by Gasteiger charge is -2.00. The Labute approximate surface area is 140 Å². The van der Waals surface area contributed by atoms with Crippen LogP contribution in [-0.4, -0.2) is 25.2 Å². The monoisotopic (exact) mass is 440 g/mol. The molecule has 0 spiro atoms. The first-order valence-electron chi connectivity index (χ1n) is 5.75. The molecule has 0 saturated heterocycles. The molecule has 0 aliphatic heterocycles. The molecule has 2 heterocycles. The Morgan fingerprint density at radius 3 is 1.55 bits per heavy atom. The van der Waals surface area contributed by atoms with Crippen molar-refractivity contribution in [3.63, 3.8) is 0 Å². The summed E-state index contributed by atoms with van der Waals surface area (Å²) in [4.78, 5) is 24.7. The van der Waals surface area contributed by atoms with Gasteiger partial charge in [-0.25, -0.2) is 9.59 Å². The van der Waals surface area contributed by atoms with Crippen LogP contribution in [0.4, 0.5) is 0 Å². The summed E-state index contributed by atoms with van der Waals surface area (Å²) in [5.74, 6) is -0.727. The van der Waals surface area contributed by atoms with Crippen molar-refractivity contribution in [2.45, 2.75) is 13.8 Å². The number of thiophene rings is 2. The summed E-state index contributed by atoms with van der Waals surface area (Å²) >= 11 is 9.39. The standard InChI is InChI=1S/C12H10Br2O4S2/c1-3-17-11(15)9-5(13)7-8(19-9)6(14)10(20-7)12(16)18-4-2/h3-4H2,1-2H3. The molecule has 2 rings (SSSR count). The maximum atomic E-state index is 11.8. The number of fused-ring (bicyclic) bond motifs is 1. The number of carbonyl (C=O) groups is 2. The lowest BCUT2D eigenvalue weighted by Crippen LogP contribution is -2.03. The van der Waals surface area contributed by atoms with Crippen LogP contribution in [0, 0.1) is 0 Å². The highest BCUT2D eigenvalue weighted by molar-refractivity contribution is 9.11. The molecule has 4 nitrogen and oxygen atoms in total. The van der Waals surface area contributed by atoms with E-state index in [0.717, 1.165) is 9.40 Å². The Bertz CT molecular complexity index is 617. The number of hydrogen-bond donors (Lipinski definition) is 0. The van der Waals surface area contributed by atoms with Gasteiger partial charge >= 0.3 is 11.9 Å². The maximum absolute atomic E-state index is 11.8. The molecular weight excluding hydrogens is 432 g/mol. The fourth-order valence-corrected chi connectivity index (χ4v) is 5.72. The second-order valence-electron chi connectivity index (χ2n) is 3.59. The lowest BCUT2D eigenvalue weighted by molar-refractivity contribution is 0.0522. The van der Waals surface area contributed by atoms with E-state index in [2.05, 4.69) is 31.9 Å². The van der Waals surface area contributed by atoms with E-state index in [0.29, 0.717) is 31.9 Å². The quantitative estimate of drug-likeness (QED) is 0.637. The van der Waals surface area contributed by atoms with Crippen molar-refractivity contribution in [3.05, 3.63) is 18.7 Å². The van der Waals surface area contributed by atoms with Gasteiger partial charge in [-0.3, -0.25) is 0 Å². The van der Waals surface area contributed by atoms with Crippen molar-refractivity contribution < 1.29 is 19.1 Å². The zero-order valence-corrected chi connectivity index (χ0v) is 15.4. The number of ether oxygens (including phenoxy) is 2. The third kappa shape index (κ3) is 2.79. The molecule has 108 valence electrons. The first-order valence-corrected chi connectivity index (χ1v) is 8.97. The van der Waals surface area contributed by atoms with Gasteiger partial charge in [-0.05, 0) is 45.7 Å². The van der Waals surface area contributed by atoms with E-state index in [1.54, 1.807) is 13.8 Å². The third-order valence-electron chi connectivity index (χ3n) is 2.33. The van der Waals surface area contributed by atoms with Gasteiger partial charge < -0.3 is 9.47 Å². The van der Waals surface area contributed by atoms with Crippen molar-refractivity contribution in [2.24, 2.45) is 0 Å². The largest absolute Gasteiger partial charge is 0.462 e. The second-order valence-corrected chi connectivity index (χ2v) is 7.22. The SMILES string of the molecule is CCOC(=O)c1sc2c(Br)c(C(=O)OCC)sc2c1Br. The molecule has 0 amide bonds. The van der Waals surface area contributed by atoms with Crippen LogP contribution in [0.15, 0.2) is 8.95 Å². The zero-order chi connectivity index (χ0) is 14.9. The summed E-state index contributed by atoms with van der Waals surface area (Å²) in [6.45, 7) is 4.17. The van der Waals surface area contributed by atoms with Gasteiger partial charge in [0.25, 0.3) is 0 Å². The average Bonchev–Trinajstić information content (AvgIpc) is 2.89. The zero-order valence-electron chi connectivity index (χ0n) is 10.6. The van der Waals surface area contributed by atoms with E-state index in [1.165, 1.54) is 22.7 Å². The average molecular weight is 442 g/mol. The predicted molar refractivity (Wildman–Crippen MR) is 87.0 cm³/mol. The molecule has 0 aliphatic carbocycles. The molecular formula is C12H10Br2O4S2. The first kappa shape index (κ1) is 15.9. The third-order valence-corrected chi connectivity index (χ3v) is 7.47. The summed E-state index contributed by atoms with van der Waals surface area (Å²) in [7, 11) is 0. The van der Waals surface area contributed by atoms with Crippen LogP contribution in [-0.2, 0) is 9.47 Å². The highest BCUT2D eigenvalue weighted by Gasteiger charge is 2.25. The van der Waals surface area contributed by atoms with Crippen molar-refractivity contribution in [1.82, 2.24) is 0 Å². The molecule has 2 aromatic rings. The van der Waals surface area contributed by atoms with Crippen molar-refractivity contribution in [3.8, 4) is 0 Å². The van der Waals surface area contributed by atoms with Crippen LogP contribution >= 0.6 is 54.5 Å². The van der Waals surface area contributed by atoms with Crippen molar-refractivity contribution in [2.75, 3.05) is 13.2 Å². The fourth-order valence-electron chi connectivity index (χ4n) is 1.54. The summed E-state index contributed by atoms with van der Waals surface area (Å²) in [5, 5.41) is 0. The highest BCUT2D eigenvalue weighted by atomic mass is 79.9. The van der Waals surface area contributed by atoms with Gasteiger partial charge in [-0.1, -0.05) is 0 Å². The van der Waals surface area contributed by atoms with Crippen LogP contribution in [0.25, 0.3) is 9.40 Å². The highest BCUT2D eigenvalue weighted by Crippen LogP contribution is 2.46. The molecule has 2 aromatic heterocycles. The molecule has 0 saturated carbocycles. The second kappa shape index (κ2) is 6.55. The number of carbonyl (C=O) groups excluding carboxylic acids is 2. The smallest absolute Gasteiger partial charge is 0.349 e. The van der Waals surface area contributed by atoms with E-state index in [9.17, 15) is 9.59 Å². The Morgan fingerprint density at radius 2 is 1.25 bits per heavy atom. The van der Waals surface area contributed by atoms with Gasteiger partial charge in [0.2, 0.25) is 0 Å². The van der Waals surface area contributed by atoms with Crippen LogP contribution < -0.4 is 0 Å². The molecule has 0 unspecified atom stereocenters. The summed E-state index contributed by atoms with van der Waals surface area (Å²) < 4.78 is 13.0. The lowest BCUT2D eigenvalue weighted by atomic mass is 10.4. The van der Waals surface area contributed by atoms with Gasteiger partial charge in [0.1, 0.15) is 9.75 Å². The Kier molecular flexibility index (Phi) is 5.22. The Balaban J connectivity index is 2.49. The molecule has 0 bridgehead atoms. The summed E-state index contributed by atoms with van der Waals surface area (Å²) in [5.41, 5.74) is 0. The van der Waals surface area contributed by atoms with Gasteiger partial charge in [-0.15, -0.1) is 22.7 Å². The minimum absolute atomic E-state index is 0.325. The normalized spacial score (nSPS) is 10.8. The summed E-state index contributed by atoms with van der Waals surface area (Å²) in [6, 6.07) is 0. The predicted octanol–water partition coefficient (Wildman–Crippen LogP) is 4.84. The number of rotatable bonds is 4. The van der Waals surface area contributed by atoms with Gasteiger partial charge in [0, 0.05) is 0 Å².